The fourth-order valence-electron chi connectivity index (χ4n) is 1.38. The van der Waals surface area contributed by atoms with Crippen LogP contribution in [0, 0.1) is 0 Å². The van der Waals surface area contributed by atoms with Crippen LogP contribution in [0.1, 0.15) is 19.8 Å². The Labute approximate surface area is 66.7 Å². The SMILES string of the molecule is CCOC1CC(C=O)(OC)C1. The lowest BCUT2D eigenvalue weighted by Crippen LogP contribution is -2.51. The van der Waals surface area contributed by atoms with Crippen LogP contribution in [0.15, 0.2) is 0 Å². The minimum absolute atomic E-state index is 0.227. The monoisotopic (exact) mass is 158 g/mol. The zero-order valence-corrected chi connectivity index (χ0v) is 7.00. The van der Waals surface area contributed by atoms with Gasteiger partial charge in [-0.2, -0.15) is 0 Å². The predicted octanol–water partition coefficient (Wildman–Crippen LogP) is 0.769. The quantitative estimate of drug-likeness (QED) is 0.567. The van der Waals surface area contributed by atoms with Gasteiger partial charge in [0.15, 0.2) is 6.29 Å². The fourth-order valence-corrected chi connectivity index (χ4v) is 1.38. The van der Waals surface area contributed by atoms with E-state index in [-0.39, 0.29) is 6.10 Å². The third kappa shape index (κ3) is 1.60. The lowest BCUT2D eigenvalue weighted by atomic mass is 9.78. The van der Waals surface area contributed by atoms with Crippen molar-refractivity contribution in [3.63, 3.8) is 0 Å². The molecule has 1 aliphatic carbocycles. The van der Waals surface area contributed by atoms with E-state index in [0.29, 0.717) is 19.4 Å². The van der Waals surface area contributed by atoms with E-state index in [1.807, 2.05) is 6.92 Å². The fraction of sp³-hybridized carbons (Fsp3) is 0.875. The second-order valence-corrected chi connectivity index (χ2v) is 2.87. The van der Waals surface area contributed by atoms with Crippen molar-refractivity contribution in [1.29, 1.82) is 0 Å². The molecule has 1 saturated carbocycles. The average molecular weight is 158 g/mol. The average Bonchev–Trinajstić information content (AvgIpc) is 1.96. The summed E-state index contributed by atoms with van der Waals surface area (Å²) in [6.07, 6.45) is 2.52. The van der Waals surface area contributed by atoms with E-state index in [0.717, 1.165) is 6.29 Å². The molecular formula is C8H14O3. The molecule has 11 heavy (non-hydrogen) atoms. The number of carbonyl (C=O) groups excluding carboxylic acids is 1. The zero-order chi connectivity index (χ0) is 8.32. The number of methoxy groups -OCH3 is 1. The summed E-state index contributed by atoms with van der Waals surface area (Å²) in [5.74, 6) is 0. The molecule has 0 aliphatic heterocycles. The van der Waals surface area contributed by atoms with Gasteiger partial charge in [-0.1, -0.05) is 0 Å². The molecule has 1 rings (SSSR count). The Balaban J connectivity index is 2.29. The number of ether oxygens (including phenoxy) is 2. The van der Waals surface area contributed by atoms with Gasteiger partial charge in [-0.05, 0) is 6.92 Å². The van der Waals surface area contributed by atoms with Crippen molar-refractivity contribution in [3.8, 4) is 0 Å². The number of carbonyl (C=O) groups is 1. The van der Waals surface area contributed by atoms with Crippen molar-refractivity contribution in [2.75, 3.05) is 13.7 Å². The van der Waals surface area contributed by atoms with E-state index in [4.69, 9.17) is 9.47 Å². The molecule has 3 nitrogen and oxygen atoms in total. The van der Waals surface area contributed by atoms with Crippen LogP contribution in [0.3, 0.4) is 0 Å². The second-order valence-electron chi connectivity index (χ2n) is 2.87. The van der Waals surface area contributed by atoms with Crippen LogP contribution in [-0.4, -0.2) is 31.7 Å². The Hall–Kier alpha value is -0.410. The van der Waals surface area contributed by atoms with Crippen molar-refractivity contribution in [2.45, 2.75) is 31.5 Å². The van der Waals surface area contributed by atoms with Gasteiger partial charge in [0.1, 0.15) is 5.60 Å². The highest BCUT2D eigenvalue weighted by atomic mass is 16.5. The molecule has 0 heterocycles. The first kappa shape index (κ1) is 8.68. The molecule has 3 heteroatoms. The van der Waals surface area contributed by atoms with Crippen LogP contribution in [0.25, 0.3) is 0 Å². The molecule has 0 N–H and O–H groups in total. The van der Waals surface area contributed by atoms with Crippen LogP contribution < -0.4 is 0 Å². The van der Waals surface area contributed by atoms with Crippen molar-refractivity contribution in [1.82, 2.24) is 0 Å². The molecule has 0 aromatic carbocycles. The molecular weight excluding hydrogens is 144 g/mol. The van der Waals surface area contributed by atoms with Gasteiger partial charge in [0.25, 0.3) is 0 Å². The molecule has 0 spiro atoms. The van der Waals surface area contributed by atoms with Crippen LogP contribution in [0.2, 0.25) is 0 Å². The van der Waals surface area contributed by atoms with E-state index in [1.54, 1.807) is 7.11 Å². The summed E-state index contributed by atoms with van der Waals surface area (Å²) in [6.45, 7) is 2.66. The van der Waals surface area contributed by atoms with Crippen molar-refractivity contribution >= 4 is 6.29 Å². The maximum absolute atomic E-state index is 10.5. The van der Waals surface area contributed by atoms with Crippen molar-refractivity contribution in [3.05, 3.63) is 0 Å². The molecule has 0 unspecified atom stereocenters. The number of aldehydes is 1. The summed E-state index contributed by atoms with van der Waals surface area (Å²) in [6, 6.07) is 0. The highest BCUT2D eigenvalue weighted by molar-refractivity contribution is 5.64. The lowest BCUT2D eigenvalue weighted by Gasteiger charge is -2.41. The maximum atomic E-state index is 10.5. The largest absolute Gasteiger partial charge is 0.378 e. The standard InChI is InChI=1S/C8H14O3/c1-3-11-7-4-8(5-7,6-9)10-2/h6-7H,3-5H2,1-2H3. The van der Waals surface area contributed by atoms with Gasteiger partial charge in [0.05, 0.1) is 6.10 Å². The van der Waals surface area contributed by atoms with Gasteiger partial charge in [-0.15, -0.1) is 0 Å². The lowest BCUT2D eigenvalue weighted by molar-refractivity contribution is -0.164. The molecule has 0 radical (unpaired) electrons. The summed E-state index contributed by atoms with van der Waals surface area (Å²) >= 11 is 0. The first-order valence-corrected chi connectivity index (χ1v) is 3.89. The summed E-state index contributed by atoms with van der Waals surface area (Å²) in [5, 5.41) is 0. The van der Waals surface area contributed by atoms with Gasteiger partial charge in [0.2, 0.25) is 0 Å². The molecule has 1 aliphatic rings. The van der Waals surface area contributed by atoms with Crippen LogP contribution in [-0.2, 0) is 14.3 Å². The third-order valence-corrected chi connectivity index (χ3v) is 2.17. The third-order valence-electron chi connectivity index (χ3n) is 2.17. The molecule has 0 amide bonds. The highest BCUT2D eigenvalue weighted by Crippen LogP contribution is 2.35. The summed E-state index contributed by atoms with van der Waals surface area (Å²) in [7, 11) is 1.57. The van der Waals surface area contributed by atoms with Gasteiger partial charge in [-0.25, -0.2) is 0 Å². The second kappa shape index (κ2) is 3.32. The minimum atomic E-state index is -0.528. The van der Waals surface area contributed by atoms with E-state index < -0.39 is 5.60 Å². The maximum Gasteiger partial charge on any atom is 0.152 e. The van der Waals surface area contributed by atoms with Crippen LogP contribution >= 0.6 is 0 Å². The molecule has 0 aromatic rings. The first-order chi connectivity index (χ1) is 5.26. The molecule has 1 fully saturated rings. The Kier molecular flexibility index (Phi) is 2.62. The molecule has 0 atom stereocenters. The molecule has 0 aromatic heterocycles. The minimum Gasteiger partial charge on any atom is -0.378 e. The van der Waals surface area contributed by atoms with Gasteiger partial charge >= 0.3 is 0 Å². The van der Waals surface area contributed by atoms with Crippen molar-refractivity contribution < 1.29 is 14.3 Å². The molecule has 0 saturated heterocycles. The number of hydrogen-bond donors (Lipinski definition) is 0. The number of rotatable bonds is 4. The summed E-state index contributed by atoms with van der Waals surface area (Å²) < 4.78 is 10.3. The van der Waals surface area contributed by atoms with Crippen LogP contribution in [0.4, 0.5) is 0 Å². The smallest absolute Gasteiger partial charge is 0.152 e. The Morgan fingerprint density at radius 3 is 2.64 bits per heavy atom. The van der Waals surface area contributed by atoms with E-state index in [9.17, 15) is 4.79 Å². The molecule has 64 valence electrons. The Bertz CT molecular complexity index is 138. The predicted molar refractivity (Wildman–Crippen MR) is 40.5 cm³/mol. The summed E-state index contributed by atoms with van der Waals surface area (Å²) in [5.41, 5.74) is -0.528. The van der Waals surface area contributed by atoms with Gasteiger partial charge in [-0.3, -0.25) is 0 Å². The van der Waals surface area contributed by atoms with E-state index in [2.05, 4.69) is 0 Å². The van der Waals surface area contributed by atoms with Crippen molar-refractivity contribution in [2.24, 2.45) is 0 Å². The van der Waals surface area contributed by atoms with Crippen LogP contribution in [0.5, 0.6) is 0 Å². The first-order valence-electron chi connectivity index (χ1n) is 3.89. The zero-order valence-electron chi connectivity index (χ0n) is 7.00. The highest BCUT2D eigenvalue weighted by Gasteiger charge is 2.45. The number of hydrogen-bond acceptors (Lipinski definition) is 3. The van der Waals surface area contributed by atoms with E-state index >= 15 is 0 Å². The molecule has 0 bridgehead atoms. The topological polar surface area (TPSA) is 35.5 Å². The van der Waals surface area contributed by atoms with E-state index in [1.165, 1.54) is 0 Å². The normalized spacial score (nSPS) is 36.4. The van der Waals surface area contributed by atoms with Gasteiger partial charge in [0, 0.05) is 26.6 Å². The Morgan fingerprint density at radius 1 is 1.64 bits per heavy atom. The Morgan fingerprint density at radius 2 is 2.27 bits per heavy atom. The van der Waals surface area contributed by atoms with Gasteiger partial charge < -0.3 is 14.3 Å². The summed E-state index contributed by atoms with van der Waals surface area (Å²) in [4.78, 5) is 10.5.